The van der Waals surface area contributed by atoms with Gasteiger partial charge in [0.1, 0.15) is 0 Å². The summed E-state index contributed by atoms with van der Waals surface area (Å²) in [6.07, 6.45) is 6.40. The van der Waals surface area contributed by atoms with Crippen LogP contribution in [-0.4, -0.2) is 40.4 Å². The van der Waals surface area contributed by atoms with Crippen LogP contribution >= 0.6 is 0 Å². The van der Waals surface area contributed by atoms with E-state index in [0.29, 0.717) is 6.04 Å². The molecule has 2 aromatic rings. The van der Waals surface area contributed by atoms with Crippen molar-refractivity contribution in [1.29, 1.82) is 0 Å². The molecule has 104 valence electrons. The van der Waals surface area contributed by atoms with Crippen molar-refractivity contribution in [1.82, 2.24) is 14.7 Å². The van der Waals surface area contributed by atoms with Crippen LogP contribution < -0.4 is 5.32 Å². The van der Waals surface area contributed by atoms with Crippen molar-refractivity contribution in [3.05, 3.63) is 42.7 Å². The van der Waals surface area contributed by atoms with Gasteiger partial charge in [0.25, 0.3) is 0 Å². The summed E-state index contributed by atoms with van der Waals surface area (Å²) in [6, 6.07) is 11.1. The molecule has 1 aromatic heterocycles. The van der Waals surface area contributed by atoms with Gasteiger partial charge in [-0.3, -0.25) is 0 Å². The summed E-state index contributed by atoms with van der Waals surface area (Å²) in [5.74, 6) is 0.817. The summed E-state index contributed by atoms with van der Waals surface area (Å²) in [7, 11) is 0. The Balaban J connectivity index is 1.52. The van der Waals surface area contributed by atoms with E-state index in [1.807, 2.05) is 23.1 Å². The van der Waals surface area contributed by atoms with E-state index in [1.54, 1.807) is 0 Å². The van der Waals surface area contributed by atoms with Gasteiger partial charge in [-0.2, -0.15) is 5.10 Å². The summed E-state index contributed by atoms with van der Waals surface area (Å²) in [6.45, 7) is 3.81. The fraction of sp³-hybridized carbons (Fsp3) is 0.438. The minimum Gasteiger partial charge on any atom is -0.382 e. The molecule has 3 heterocycles. The van der Waals surface area contributed by atoms with Crippen LogP contribution in [0.1, 0.15) is 12.8 Å². The Bertz CT molecular complexity index is 578. The average molecular weight is 268 g/mol. The number of nitrogens with one attached hydrogen (secondary N) is 1. The van der Waals surface area contributed by atoms with Gasteiger partial charge in [0, 0.05) is 37.2 Å². The molecule has 2 aliphatic rings. The summed E-state index contributed by atoms with van der Waals surface area (Å²) < 4.78 is 1.91. The molecule has 4 rings (SSSR count). The minimum atomic E-state index is 0.627. The topological polar surface area (TPSA) is 33.1 Å². The van der Waals surface area contributed by atoms with Gasteiger partial charge in [0.2, 0.25) is 0 Å². The summed E-state index contributed by atoms with van der Waals surface area (Å²) in [4.78, 5) is 2.59. The molecular weight excluding hydrogens is 248 g/mol. The number of piperidine rings is 1. The molecule has 0 amide bonds. The molecule has 0 aliphatic carbocycles. The smallest absolute Gasteiger partial charge is 0.0666 e. The zero-order valence-corrected chi connectivity index (χ0v) is 11.6. The lowest BCUT2D eigenvalue weighted by Crippen LogP contribution is -2.39. The lowest BCUT2D eigenvalue weighted by Gasteiger charge is -2.31. The lowest BCUT2D eigenvalue weighted by atomic mass is 9.94. The number of anilines is 1. The van der Waals surface area contributed by atoms with Gasteiger partial charge in [-0.15, -0.1) is 0 Å². The Kier molecular flexibility index (Phi) is 2.96. The molecule has 2 bridgehead atoms. The maximum absolute atomic E-state index is 4.29. The number of benzene rings is 1. The van der Waals surface area contributed by atoms with Crippen molar-refractivity contribution in [3.63, 3.8) is 0 Å². The van der Waals surface area contributed by atoms with E-state index in [1.165, 1.54) is 38.2 Å². The maximum Gasteiger partial charge on any atom is 0.0666 e. The van der Waals surface area contributed by atoms with Gasteiger partial charge < -0.3 is 10.2 Å². The first-order valence-corrected chi connectivity index (χ1v) is 7.47. The highest BCUT2D eigenvalue weighted by Crippen LogP contribution is 2.29. The van der Waals surface area contributed by atoms with Gasteiger partial charge in [-0.1, -0.05) is 6.07 Å². The minimum absolute atomic E-state index is 0.627. The number of rotatable bonds is 3. The highest BCUT2D eigenvalue weighted by Gasteiger charge is 2.33. The molecule has 2 aliphatic heterocycles. The first-order valence-electron chi connectivity index (χ1n) is 7.47. The van der Waals surface area contributed by atoms with Gasteiger partial charge >= 0.3 is 0 Å². The van der Waals surface area contributed by atoms with Gasteiger partial charge in [-0.25, -0.2) is 4.68 Å². The Morgan fingerprint density at radius 1 is 1.15 bits per heavy atom. The molecule has 3 unspecified atom stereocenters. The van der Waals surface area contributed by atoms with Crippen molar-refractivity contribution in [3.8, 4) is 5.69 Å². The van der Waals surface area contributed by atoms with Crippen LogP contribution in [0.3, 0.4) is 0 Å². The Morgan fingerprint density at radius 3 is 3.00 bits per heavy atom. The fourth-order valence-electron chi connectivity index (χ4n) is 3.52. The highest BCUT2D eigenvalue weighted by atomic mass is 15.3. The SMILES string of the molecule is c1cc(NC2CCN3CCC2C3)cc(-n2cccn2)c1. The third-order valence-corrected chi connectivity index (χ3v) is 4.60. The predicted molar refractivity (Wildman–Crippen MR) is 80.1 cm³/mol. The first kappa shape index (κ1) is 12.0. The molecule has 1 N–H and O–H groups in total. The van der Waals surface area contributed by atoms with Crippen molar-refractivity contribution in [2.75, 3.05) is 25.0 Å². The highest BCUT2D eigenvalue weighted by molar-refractivity contribution is 5.51. The van der Waals surface area contributed by atoms with E-state index in [-0.39, 0.29) is 0 Å². The number of hydrogen-bond acceptors (Lipinski definition) is 3. The summed E-state index contributed by atoms with van der Waals surface area (Å²) >= 11 is 0. The average Bonchev–Trinajstić information content (AvgIpc) is 3.13. The van der Waals surface area contributed by atoms with Crippen LogP contribution in [0, 0.1) is 5.92 Å². The molecule has 0 saturated carbocycles. The number of hydrogen-bond donors (Lipinski definition) is 1. The zero-order valence-electron chi connectivity index (χ0n) is 11.6. The normalized spacial score (nSPS) is 28.5. The molecule has 1 aromatic carbocycles. The van der Waals surface area contributed by atoms with E-state index < -0.39 is 0 Å². The van der Waals surface area contributed by atoms with E-state index in [2.05, 4.69) is 39.6 Å². The largest absolute Gasteiger partial charge is 0.382 e. The van der Waals surface area contributed by atoms with Gasteiger partial charge in [0.15, 0.2) is 0 Å². The number of aromatic nitrogens is 2. The maximum atomic E-state index is 4.29. The molecule has 4 nitrogen and oxygen atoms in total. The van der Waals surface area contributed by atoms with E-state index in [9.17, 15) is 0 Å². The molecule has 2 fully saturated rings. The Morgan fingerprint density at radius 2 is 2.10 bits per heavy atom. The van der Waals surface area contributed by atoms with E-state index in [4.69, 9.17) is 0 Å². The van der Waals surface area contributed by atoms with Crippen molar-refractivity contribution in [2.45, 2.75) is 18.9 Å². The second-order valence-electron chi connectivity index (χ2n) is 5.89. The second kappa shape index (κ2) is 4.94. The number of nitrogens with zero attached hydrogens (tertiary/aromatic N) is 3. The standard InChI is InChI=1S/C16H20N4/c1-3-14(11-15(4-1)20-8-2-7-17-20)18-16-6-10-19-9-5-13(16)12-19/h1-4,7-8,11,13,16,18H,5-6,9-10,12H2. The van der Waals surface area contributed by atoms with Crippen LogP contribution in [0.4, 0.5) is 5.69 Å². The molecule has 0 spiro atoms. The third-order valence-electron chi connectivity index (χ3n) is 4.60. The molecule has 20 heavy (non-hydrogen) atoms. The van der Waals surface area contributed by atoms with Crippen LogP contribution in [-0.2, 0) is 0 Å². The van der Waals surface area contributed by atoms with Crippen LogP contribution in [0.15, 0.2) is 42.7 Å². The van der Waals surface area contributed by atoms with Crippen LogP contribution in [0.25, 0.3) is 5.69 Å². The van der Waals surface area contributed by atoms with Gasteiger partial charge in [0.05, 0.1) is 5.69 Å². The predicted octanol–water partition coefficient (Wildman–Crippen LogP) is 2.38. The molecule has 4 heteroatoms. The quantitative estimate of drug-likeness (QED) is 0.928. The van der Waals surface area contributed by atoms with Crippen molar-refractivity contribution >= 4 is 5.69 Å². The second-order valence-corrected chi connectivity index (χ2v) is 5.89. The zero-order chi connectivity index (χ0) is 13.4. The van der Waals surface area contributed by atoms with Crippen LogP contribution in [0.2, 0.25) is 0 Å². The fourth-order valence-corrected chi connectivity index (χ4v) is 3.52. The lowest BCUT2D eigenvalue weighted by molar-refractivity contribution is 0.255. The summed E-state index contributed by atoms with van der Waals surface area (Å²) in [5.41, 5.74) is 2.33. The molecule has 3 atom stereocenters. The summed E-state index contributed by atoms with van der Waals surface area (Å²) in [5, 5.41) is 8.04. The monoisotopic (exact) mass is 268 g/mol. The first-order chi connectivity index (χ1) is 9.88. The molecular formula is C16H20N4. The Labute approximate surface area is 119 Å². The van der Waals surface area contributed by atoms with Crippen LogP contribution in [0.5, 0.6) is 0 Å². The Hall–Kier alpha value is -1.81. The third kappa shape index (κ3) is 2.20. The van der Waals surface area contributed by atoms with E-state index >= 15 is 0 Å². The van der Waals surface area contributed by atoms with Crippen molar-refractivity contribution in [2.24, 2.45) is 5.92 Å². The molecule has 2 saturated heterocycles. The number of fused-ring (bicyclic) bond motifs is 2. The molecule has 0 radical (unpaired) electrons. The van der Waals surface area contributed by atoms with E-state index in [0.717, 1.165) is 11.6 Å². The van der Waals surface area contributed by atoms with Crippen molar-refractivity contribution < 1.29 is 0 Å². The van der Waals surface area contributed by atoms with Gasteiger partial charge in [-0.05, 0) is 49.6 Å².